The number of nitrogens with zero attached hydrogens (tertiary/aromatic N) is 3. The molecule has 2 N–H and O–H groups in total. The monoisotopic (exact) mass is 525 g/mol. The fourth-order valence-electron chi connectivity index (χ4n) is 4.43. The zero-order valence-electron chi connectivity index (χ0n) is 21.8. The summed E-state index contributed by atoms with van der Waals surface area (Å²) in [5.41, 5.74) is 5.24. The van der Waals surface area contributed by atoms with Crippen molar-refractivity contribution in [1.82, 2.24) is 14.8 Å². The molecule has 7 nitrogen and oxygen atoms in total. The Labute approximate surface area is 227 Å². The Hall–Kier alpha value is -4.04. The van der Waals surface area contributed by atoms with Crippen molar-refractivity contribution in [3.63, 3.8) is 0 Å². The lowest BCUT2D eigenvalue weighted by Gasteiger charge is -2.29. The normalized spacial score (nSPS) is 14.6. The van der Waals surface area contributed by atoms with Gasteiger partial charge in [0, 0.05) is 17.1 Å². The van der Waals surface area contributed by atoms with Crippen LogP contribution in [0.2, 0.25) is 0 Å². The first-order chi connectivity index (χ1) is 18.5. The zero-order chi connectivity index (χ0) is 26.5. The van der Waals surface area contributed by atoms with E-state index in [1.807, 2.05) is 85.3 Å². The number of hydrogen-bond acceptors (Lipinski definition) is 6. The highest BCUT2D eigenvalue weighted by molar-refractivity contribution is 7.98. The predicted octanol–water partition coefficient (Wildman–Crippen LogP) is 6.60. The van der Waals surface area contributed by atoms with Crippen LogP contribution < -0.4 is 15.4 Å². The Balaban J connectivity index is 1.50. The van der Waals surface area contributed by atoms with Crippen LogP contribution in [0, 0.1) is 6.92 Å². The molecule has 4 aromatic rings. The quantitative estimate of drug-likeness (QED) is 0.240. The molecule has 0 aliphatic carbocycles. The first-order valence-electron chi connectivity index (χ1n) is 12.7. The molecule has 0 fully saturated rings. The van der Waals surface area contributed by atoms with Gasteiger partial charge in [-0.2, -0.15) is 4.98 Å². The van der Waals surface area contributed by atoms with E-state index in [-0.39, 0.29) is 5.91 Å². The van der Waals surface area contributed by atoms with Crippen LogP contribution in [0.25, 0.3) is 0 Å². The number of amides is 1. The highest BCUT2D eigenvalue weighted by Gasteiger charge is 2.34. The van der Waals surface area contributed by atoms with Gasteiger partial charge in [0.1, 0.15) is 11.8 Å². The second-order valence-electron chi connectivity index (χ2n) is 9.25. The smallest absolute Gasteiger partial charge is 0.255 e. The summed E-state index contributed by atoms with van der Waals surface area (Å²) in [4.78, 5) is 18.5. The van der Waals surface area contributed by atoms with Gasteiger partial charge in [-0.05, 0) is 61.2 Å². The van der Waals surface area contributed by atoms with Crippen molar-refractivity contribution in [3.05, 3.63) is 107 Å². The minimum absolute atomic E-state index is 0.190. The van der Waals surface area contributed by atoms with Crippen molar-refractivity contribution in [2.24, 2.45) is 0 Å². The maximum Gasteiger partial charge on any atom is 0.255 e. The third-order valence-corrected chi connectivity index (χ3v) is 7.12. The summed E-state index contributed by atoms with van der Waals surface area (Å²) in [5.74, 6) is 1.93. The van der Waals surface area contributed by atoms with Gasteiger partial charge >= 0.3 is 0 Å². The van der Waals surface area contributed by atoms with Crippen LogP contribution in [-0.4, -0.2) is 27.3 Å². The summed E-state index contributed by atoms with van der Waals surface area (Å²) in [6, 6.07) is 25.4. The van der Waals surface area contributed by atoms with Gasteiger partial charge in [0.15, 0.2) is 0 Å². The van der Waals surface area contributed by atoms with Gasteiger partial charge in [-0.25, -0.2) is 4.68 Å². The number of aromatic nitrogens is 3. The van der Waals surface area contributed by atoms with E-state index in [1.165, 1.54) is 5.56 Å². The summed E-state index contributed by atoms with van der Waals surface area (Å²) in [5, 5.41) is 11.9. The van der Waals surface area contributed by atoms with Crippen LogP contribution in [0.3, 0.4) is 0 Å². The van der Waals surface area contributed by atoms with E-state index in [0.29, 0.717) is 23.3 Å². The topological polar surface area (TPSA) is 81.1 Å². The van der Waals surface area contributed by atoms with Crippen molar-refractivity contribution in [1.29, 1.82) is 0 Å². The Bertz CT molecular complexity index is 1460. The number of benzene rings is 3. The molecule has 194 valence electrons. The lowest BCUT2D eigenvalue weighted by molar-refractivity contribution is -0.113. The maximum atomic E-state index is 13.8. The predicted molar refractivity (Wildman–Crippen MR) is 153 cm³/mol. The number of carbonyl (C=O) groups excluding carboxylic acids is 1. The SMILES string of the molecule is CCCOc1cccc(C2C(C(=O)Nc3cccc(C)c3)=C(C)Nc3nc(SCc4ccccc4)nn32)c1. The summed E-state index contributed by atoms with van der Waals surface area (Å²) in [7, 11) is 0. The molecule has 0 radical (unpaired) electrons. The number of hydrogen-bond donors (Lipinski definition) is 2. The molecular weight excluding hydrogens is 494 g/mol. The lowest BCUT2D eigenvalue weighted by atomic mass is 9.94. The standard InChI is InChI=1S/C30H31N5O2S/c1-4-16-37-25-15-9-13-23(18-25)27-26(28(36)32-24-14-8-10-20(2)17-24)21(3)31-29-33-30(34-35(27)29)38-19-22-11-6-5-7-12-22/h5-15,17-18,27H,4,16,19H2,1-3H3,(H,32,36)(H,31,33,34). The fourth-order valence-corrected chi connectivity index (χ4v) is 5.22. The average molecular weight is 526 g/mol. The number of carbonyl (C=O) groups is 1. The van der Waals surface area contributed by atoms with Crippen molar-refractivity contribution < 1.29 is 9.53 Å². The Morgan fingerprint density at radius 2 is 1.87 bits per heavy atom. The van der Waals surface area contributed by atoms with Gasteiger partial charge in [-0.1, -0.05) is 73.3 Å². The molecule has 2 heterocycles. The van der Waals surface area contributed by atoms with E-state index in [1.54, 1.807) is 11.8 Å². The molecule has 0 saturated heterocycles. The number of ether oxygens (including phenoxy) is 1. The molecule has 1 unspecified atom stereocenters. The summed E-state index contributed by atoms with van der Waals surface area (Å²) < 4.78 is 7.73. The summed E-state index contributed by atoms with van der Waals surface area (Å²) in [6.45, 7) is 6.61. The van der Waals surface area contributed by atoms with Crippen LogP contribution in [0.15, 0.2) is 95.3 Å². The number of fused-ring (bicyclic) bond motifs is 1. The number of thioether (sulfide) groups is 1. The van der Waals surface area contributed by atoms with Crippen LogP contribution in [0.1, 0.15) is 43.0 Å². The molecule has 1 aromatic heterocycles. The van der Waals surface area contributed by atoms with Crippen LogP contribution in [-0.2, 0) is 10.5 Å². The van der Waals surface area contributed by atoms with Crippen molar-refractivity contribution in [2.45, 2.75) is 44.1 Å². The van der Waals surface area contributed by atoms with E-state index in [4.69, 9.17) is 14.8 Å². The van der Waals surface area contributed by atoms with Gasteiger partial charge in [0.2, 0.25) is 11.1 Å². The number of rotatable bonds is 9. The molecule has 0 saturated carbocycles. The summed E-state index contributed by atoms with van der Waals surface area (Å²) >= 11 is 1.57. The molecule has 8 heteroatoms. The Kier molecular flexibility index (Phi) is 7.79. The van der Waals surface area contributed by atoms with Crippen LogP contribution >= 0.6 is 11.8 Å². The molecule has 1 amide bonds. The minimum Gasteiger partial charge on any atom is -0.494 e. The first-order valence-corrected chi connectivity index (χ1v) is 13.7. The van der Waals surface area contributed by atoms with Crippen LogP contribution in [0.5, 0.6) is 5.75 Å². The molecule has 3 aromatic carbocycles. The third kappa shape index (κ3) is 5.75. The summed E-state index contributed by atoms with van der Waals surface area (Å²) in [6.07, 6.45) is 0.913. The minimum atomic E-state index is -0.472. The second kappa shape index (κ2) is 11.6. The first kappa shape index (κ1) is 25.6. The molecule has 0 spiro atoms. The van der Waals surface area contributed by atoms with Gasteiger partial charge in [0.05, 0.1) is 12.2 Å². The fraction of sp³-hybridized carbons (Fsp3) is 0.233. The van der Waals surface area contributed by atoms with Crippen molar-refractivity contribution >= 4 is 29.3 Å². The van der Waals surface area contributed by atoms with E-state index >= 15 is 0 Å². The number of nitrogens with one attached hydrogen (secondary N) is 2. The molecule has 1 aliphatic heterocycles. The largest absolute Gasteiger partial charge is 0.494 e. The maximum absolute atomic E-state index is 13.8. The van der Waals surface area contributed by atoms with Gasteiger partial charge in [0.25, 0.3) is 5.91 Å². The van der Waals surface area contributed by atoms with E-state index in [9.17, 15) is 4.79 Å². The van der Waals surface area contributed by atoms with Crippen molar-refractivity contribution in [3.8, 4) is 5.75 Å². The Morgan fingerprint density at radius 1 is 1.05 bits per heavy atom. The Morgan fingerprint density at radius 3 is 2.66 bits per heavy atom. The molecule has 5 rings (SSSR count). The molecule has 1 atom stereocenters. The molecule has 0 bridgehead atoms. The molecule has 38 heavy (non-hydrogen) atoms. The van der Waals surface area contributed by atoms with Crippen LogP contribution in [0.4, 0.5) is 11.6 Å². The third-order valence-electron chi connectivity index (χ3n) is 6.21. The van der Waals surface area contributed by atoms with Gasteiger partial charge in [-0.15, -0.1) is 5.10 Å². The molecular formula is C30H31N5O2S. The molecule has 1 aliphatic rings. The second-order valence-corrected chi connectivity index (χ2v) is 10.2. The average Bonchev–Trinajstić information content (AvgIpc) is 3.33. The van der Waals surface area contributed by atoms with Gasteiger partial charge in [-0.3, -0.25) is 4.79 Å². The highest BCUT2D eigenvalue weighted by atomic mass is 32.2. The van der Waals surface area contributed by atoms with E-state index < -0.39 is 6.04 Å². The lowest BCUT2D eigenvalue weighted by Crippen LogP contribution is -2.31. The van der Waals surface area contributed by atoms with Gasteiger partial charge < -0.3 is 15.4 Å². The van der Waals surface area contributed by atoms with E-state index in [2.05, 4.69) is 29.7 Å². The van der Waals surface area contributed by atoms with E-state index in [0.717, 1.165) is 40.4 Å². The number of anilines is 2. The van der Waals surface area contributed by atoms with Crippen molar-refractivity contribution in [2.75, 3.05) is 17.2 Å². The zero-order valence-corrected chi connectivity index (χ0v) is 22.6. The highest BCUT2D eigenvalue weighted by Crippen LogP contribution is 2.38. The number of aryl methyl sites for hydroxylation is 1. The number of allylic oxidation sites excluding steroid dienone is 1.